The van der Waals surface area contributed by atoms with E-state index in [1.165, 1.54) is 0 Å². The zero-order valence-corrected chi connectivity index (χ0v) is 9.28. The normalized spacial score (nSPS) is 10.0. The van der Waals surface area contributed by atoms with Gasteiger partial charge in [0.1, 0.15) is 0 Å². The summed E-state index contributed by atoms with van der Waals surface area (Å²) in [6.07, 6.45) is 3.48. The number of rotatable bonds is 8. The average molecular weight is 205 g/mol. The van der Waals surface area contributed by atoms with Crippen LogP contribution in [-0.2, 0) is 9.53 Å². The van der Waals surface area contributed by atoms with Crippen LogP contribution in [0.3, 0.4) is 0 Å². The van der Waals surface area contributed by atoms with E-state index >= 15 is 0 Å². The lowest BCUT2D eigenvalue weighted by atomic mass is 10.3. The number of carbonyl (C=O) groups is 1. The lowest BCUT2D eigenvalue weighted by molar-refractivity contribution is -0.143. The molecule has 0 saturated heterocycles. The average Bonchev–Trinajstić information content (AvgIpc) is 2.11. The van der Waals surface area contributed by atoms with Gasteiger partial charge in [0.05, 0.1) is 6.61 Å². The summed E-state index contributed by atoms with van der Waals surface area (Å²) in [6, 6.07) is 0. The largest absolute Gasteiger partial charge is 0.466 e. The lowest BCUT2D eigenvalue weighted by Gasteiger charge is -2.03. The van der Waals surface area contributed by atoms with E-state index in [0.717, 1.165) is 25.3 Å². The standard InChI is InChI=1S/C9H19NO2S/c1-3-12-9(11)5-4-6-10-7-8-13-2/h10H,3-8H2,1-2H3. The van der Waals surface area contributed by atoms with Gasteiger partial charge in [-0.15, -0.1) is 0 Å². The highest BCUT2D eigenvalue weighted by molar-refractivity contribution is 7.98. The SMILES string of the molecule is CCOC(=O)CCCNCCSC. The molecule has 78 valence electrons. The van der Waals surface area contributed by atoms with Gasteiger partial charge >= 0.3 is 5.97 Å². The van der Waals surface area contributed by atoms with Crippen molar-refractivity contribution in [2.24, 2.45) is 0 Å². The van der Waals surface area contributed by atoms with Crippen molar-refractivity contribution in [3.05, 3.63) is 0 Å². The fourth-order valence-corrected chi connectivity index (χ4v) is 1.24. The Kier molecular flexibility index (Phi) is 9.70. The zero-order valence-electron chi connectivity index (χ0n) is 8.47. The molecule has 0 amide bonds. The Morgan fingerprint density at radius 3 is 2.85 bits per heavy atom. The molecule has 0 fully saturated rings. The minimum Gasteiger partial charge on any atom is -0.466 e. The first-order chi connectivity index (χ1) is 6.31. The number of hydrogen-bond donors (Lipinski definition) is 1. The Labute approximate surface area is 84.6 Å². The van der Waals surface area contributed by atoms with Crippen molar-refractivity contribution in [1.82, 2.24) is 5.32 Å². The molecule has 3 nitrogen and oxygen atoms in total. The summed E-state index contributed by atoms with van der Waals surface area (Å²) >= 11 is 1.82. The predicted octanol–water partition coefficient (Wildman–Crippen LogP) is 1.28. The fraction of sp³-hybridized carbons (Fsp3) is 0.889. The van der Waals surface area contributed by atoms with Crippen LogP contribution in [0.5, 0.6) is 0 Å². The number of esters is 1. The number of ether oxygens (including phenoxy) is 1. The molecule has 1 N–H and O–H groups in total. The lowest BCUT2D eigenvalue weighted by Crippen LogP contribution is -2.19. The van der Waals surface area contributed by atoms with Crippen LogP contribution in [0.4, 0.5) is 0 Å². The number of hydrogen-bond acceptors (Lipinski definition) is 4. The first-order valence-electron chi connectivity index (χ1n) is 4.66. The summed E-state index contributed by atoms with van der Waals surface area (Å²) in [5.74, 6) is 1.04. The van der Waals surface area contributed by atoms with Gasteiger partial charge in [0.25, 0.3) is 0 Å². The molecule has 0 saturated carbocycles. The highest BCUT2D eigenvalue weighted by Crippen LogP contribution is 1.92. The highest BCUT2D eigenvalue weighted by Gasteiger charge is 1.99. The molecule has 4 heteroatoms. The summed E-state index contributed by atoms with van der Waals surface area (Å²) in [7, 11) is 0. The Hall–Kier alpha value is -0.220. The number of nitrogens with one attached hydrogen (secondary N) is 1. The molecule has 0 bridgehead atoms. The minimum atomic E-state index is -0.0887. The van der Waals surface area contributed by atoms with Crippen molar-refractivity contribution in [1.29, 1.82) is 0 Å². The quantitative estimate of drug-likeness (QED) is 0.478. The third-order valence-corrected chi connectivity index (χ3v) is 2.14. The first kappa shape index (κ1) is 12.8. The molecule has 0 rings (SSSR count). The van der Waals surface area contributed by atoms with Crippen LogP contribution in [-0.4, -0.2) is 37.7 Å². The van der Waals surface area contributed by atoms with Crippen molar-refractivity contribution < 1.29 is 9.53 Å². The highest BCUT2D eigenvalue weighted by atomic mass is 32.2. The van der Waals surface area contributed by atoms with Crippen LogP contribution in [0.1, 0.15) is 19.8 Å². The van der Waals surface area contributed by atoms with E-state index in [-0.39, 0.29) is 5.97 Å². The number of carbonyl (C=O) groups excluding carboxylic acids is 1. The zero-order chi connectivity index (χ0) is 9.94. The van der Waals surface area contributed by atoms with Gasteiger partial charge in [-0.25, -0.2) is 0 Å². The van der Waals surface area contributed by atoms with E-state index < -0.39 is 0 Å². The molecule has 0 aliphatic heterocycles. The van der Waals surface area contributed by atoms with Gasteiger partial charge in [0.2, 0.25) is 0 Å². The van der Waals surface area contributed by atoms with E-state index in [4.69, 9.17) is 4.74 Å². The molecule has 0 spiro atoms. The molecule has 0 unspecified atom stereocenters. The summed E-state index contributed by atoms with van der Waals surface area (Å²) in [6.45, 7) is 4.23. The van der Waals surface area contributed by atoms with E-state index in [9.17, 15) is 4.79 Å². The maximum atomic E-state index is 10.9. The van der Waals surface area contributed by atoms with Crippen LogP contribution in [0.2, 0.25) is 0 Å². The van der Waals surface area contributed by atoms with Gasteiger partial charge in [0.15, 0.2) is 0 Å². The molecular weight excluding hydrogens is 186 g/mol. The second-order valence-corrected chi connectivity index (χ2v) is 3.64. The van der Waals surface area contributed by atoms with Gasteiger partial charge in [-0.1, -0.05) is 0 Å². The van der Waals surface area contributed by atoms with Crippen molar-refractivity contribution in [2.45, 2.75) is 19.8 Å². The topological polar surface area (TPSA) is 38.3 Å². The summed E-state index contributed by atoms with van der Waals surface area (Å²) < 4.78 is 4.80. The van der Waals surface area contributed by atoms with E-state index in [1.54, 1.807) is 0 Å². The molecular formula is C9H19NO2S. The van der Waals surface area contributed by atoms with Crippen molar-refractivity contribution in [3.8, 4) is 0 Å². The molecule has 13 heavy (non-hydrogen) atoms. The van der Waals surface area contributed by atoms with Crippen molar-refractivity contribution in [2.75, 3.05) is 31.7 Å². The summed E-state index contributed by atoms with van der Waals surface area (Å²) in [4.78, 5) is 10.9. The van der Waals surface area contributed by atoms with Crippen LogP contribution < -0.4 is 5.32 Å². The predicted molar refractivity (Wildman–Crippen MR) is 57.1 cm³/mol. The summed E-state index contributed by atoms with van der Waals surface area (Å²) in [5.41, 5.74) is 0. The van der Waals surface area contributed by atoms with Crippen LogP contribution in [0.25, 0.3) is 0 Å². The van der Waals surface area contributed by atoms with Crippen LogP contribution in [0.15, 0.2) is 0 Å². The van der Waals surface area contributed by atoms with Gasteiger partial charge < -0.3 is 10.1 Å². The van der Waals surface area contributed by atoms with E-state index in [1.807, 2.05) is 18.7 Å². The van der Waals surface area contributed by atoms with Crippen LogP contribution >= 0.6 is 11.8 Å². The van der Waals surface area contributed by atoms with Gasteiger partial charge in [-0.2, -0.15) is 11.8 Å². The molecule has 0 radical (unpaired) electrons. The smallest absolute Gasteiger partial charge is 0.305 e. The molecule has 0 atom stereocenters. The molecule has 0 aliphatic rings. The Morgan fingerprint density at radius 2 is 2.23 bits per heavy atom. The second kappa shape index (κ2) is 9.86. The van der Waals surface area contributed by atoms with Gasteiger partial charge in [0, 0.05) is 18.7 Å². The molecule has 0 aromatic rings. The molecule has 0 aromatic heterocycles. The minimum absolute atomic E-state index is 0.0887. The van der Waals surface area contributed by atoms with Gasteiger partial charge in [-0.05, 0) is 26.1 Å². The van der Waals surface area contributed by atoms with Crippen LogP contribution in [0, 0.1) is 0 Å². The van der Waals surface area contributed by atoms with Crippen molar-refractivity contribution in [3.63, 3.8) is 0 Å². The Balaban J connectivity index is 3.02. The maximum Gasteiger partial charge on any atom is 0.305 e. The molecule has 0 heterocycles. The summed E-state index contributed by atoms with van der Waals surface area (Å²) in [5, 5.41) is 3.26. The molecule has 0 aliphatic carbocycles. The Bertz CT molecular complexity index is 131. The second-order valence-electron chi connectivity index (χ2n) is 2.65. The fourth-order valence-electron chi connectivity index (χ4n) is 0.890. The maximum absolute atomic E-state index is 10.9. The number of thioether (sulfide) groups is 1. The van der Waals surface area contributed by atoms with Crippen molar-refractivity contribution >= 4 is 17.7 Å². The third-order valence-electron chi connectivity index (χ3n) is 1.52. The van der Waals surface area contributed by atoms with E-state index in [2.05, 4.69) is 11.6 Å². The first-order valence-corrected chi connectivity index (χ1v) is 6.06. The monoisotopic (exact) mass is 205 g/mol. The molecule has 0 aromatic carbocycles. The third kappa shape index (κ3) is 9.70. The van der Waals surface area contributed by atoms with Gasteiger partial charge in [-0.3, -0.25) is 4.79 Å². The Morgan fingerprint density at radius 1 is 1.46 bits per heavy atom. The van der Waals surface area contributed by atoms with E-state index in [0.29, 0.717) is 13.0 Å².